The van der Waals surface area contributed by atoms with Crippen LogP contribution < -0.4 is 5.32 Å². The summed E-state index contributed by atoms with van der Waals surface area (Å²) in [5.74, 6) is -2.59. The number of carbonyl (C=O) groups is 2. The number of halogens is 1. The Morgan fingerprint density at radius 2 is 2.19 bits per heavy atom. The molecule has 21 heavy (non-hydrogen) atoms. The lowest BCUT2D eigenvalue weighted by Crippen LogP contribution is -2.17. The Morgan fingerprint density at radius 3 is 2.86 bits per heavy atom. The van der Waals surface area contributed by atoms with Gasteiger partial charge >= 0.3 is 5.97 Å². The van der Waals surface area contributed by atoms with Crippen molar-refractivity contribution in [1.29, 1.82) is 0 Å². The topological polar surface area (TPSA) is 108 Å². The molecule has 2 aromatic rings. The average Bonchev–Trinajstić information content (AvgIpc) is 2.90. The highest BCUT2D eigenvalue weighted by Gasteiger charge is 2.19. The van der Waals surface area contributed by atoms with Crippen LogP contribution in [-0.4, -0.2) is 32.2 Å². The number of nitrogens with one attached hydrogen (secondary N) is 2. The van der Waals surface area contributed by atoms with Gasteiger partial charge < -0.3 is 10.4 Å². The number of hydrogen-bond donors (Lipinski definition) is 3. The minimum atomic E-state index is -1.34. The monoisotopic (exact) mass is 292 g/mol. The summed E-state index contributed by atoms with van der Waals surface area (Å²) in [5.41, 5.74) is -0.746. The third-order valence-corrected chi connectivity index (χ3v) is 2.70. The van der Waals surface area contributed by atoms with Crippen LogP contribution in [0.1, 0.15) is 40.1 Å². The molecule has 0 atom stereocenters. The maximum atomic E-state index is 13.7. The number of aryl methyl sites for hydroxylation is 1. The first kappa shape index (κ1) is 14.6. The maximum Gasteiger partial charge on any atom is 0.337 e. The van der Waals surface area contributed by atoms with Gasteiger partial charge in [-0.1, -0.05) is 13.0 Å². The summed E-state index contributed by atoms with van der Waals surface area (Å²) in [5, 5.41) is 17.5. The number of carboxylic acids is 1. The van der Waals surface area contributed by atoms with E-state index in [1.54, 1.807) is 0 Å². The fourth-order valence-electron chi connectivity index (χ4n) is 1.74. The normalized spacial score (nSPS) is 10.4. The van der Waals surface area contributed by atoms with Crippen molar-refractivity contribution in [2.24, 2.45) is 0 Å². The first-order valence-electron chi connectivity index (χ1n) is 6.27. The van der Waals surface area contributed by atoms with E-state index in [1.807, 2.05) is 6.92 Å². The smallest absolute Gasteiger partial charge is 0.337 e. The highest BCUT2D eigenvalue weighted by molar-refractivity contribution is 6.05. The fourth-order valence-corrected chi connectivity index (χ4v) is 1.74. The van der Waals surface area contributed by atoms with Crippen LogP contribution in [0.15, 0.2) is 18.2 Å². The fraction of sp³-hybridized carbons (Fsp3) is 0.231. The SMILES string of the molecule is CCCc1nc(C(=O)Nc2c(F)cccc2C(=O)O)n[nH]1. The molecule has 0 saturated carbocycles. The highest BCUT2D eigenvalue weighted by Crippen LogP contribution is 2.20. The molecule has 0 aliphatic heterocycles. The second-order valence-corrected chi connectivity index (χ2v) is 4.28. The Kier molecular flexibility index (Phi) is 4.27. The molecule has 1 amide bonds. The molecular formula is C13H13FN4O3. The van der Waals surface area contributed by atoms with Crippen LogP contribution in [0.3, 0.4) is 0 Å². The molecule has 8 heteroatoms. The quantitative estimate of drug-likeness (QED) is 0.779. The number of nitrogens with zero attached hydrogens (tertiary/aromatic N) is 2. The van der Waals surface area contributed by atoms with Gasteiger partial charge in [-0.2, -0.15) is 0 Å². The van der Waals surface area contributed by atoms with E-state index in [2.05, 4.69) is 20.5 Å². The van der Waals surface area contributed by atoms with Crippen LogP contribution in [-0.2, 0) is 6.42 Å². The van der Waals surface area contributed by atoms with E-state index in [0.29, 0.717) is 12.2 Å². The summed E-state index contributed by atoms with van der Waals surface area (Å²) in [6.45, 7) is 1.95. The van der Waals surface area contributed by atoms with Crippen molar-refractivity contribution in [3.05, 3.63) is 41.2 Å². The predicted molar refractivity (Wildman–Crippen MR) is 71.7 cm³/mol. The Morgan fingerprint density at radius 1 is 1.43 bits per heavy atom. The van der Waals surface area contributed by atoms with Gasteiger partial charge in [0.25, 0.3) is 5.91 Å². The van der Waals surface area contributed by atoms with Crippen LogP contribution >= 0.6 is 0 Å². The van der Waals surface area contributed by atoms with Gasteiger partial charge in [0.1, 0.15) is 11.6 Å². The molecule has 7 nitrogen and oxygen atoms in total. The van der Waals surface area contributed by atoms with Gasteiger partial charge in [-0.05, 0) is 18.6 Å². The van der Waals surface area contributed by atoms with Crippen LogP contribution in [0.25, 0.3) is 0 Å². The van der Waals surface area contributed by atoms with Gasteiger partial charge in [0.15, 0.2) is 0 Å². The molecular weight excluding hydrogens is 279 g/mol. The first-order valence-corrected chi connectivity index (χ1v) is 6.27. The van der Waals surface area contributed by atoms with Crippen LogP contribution in [0.5, 0.6) is 0 Å². The summed E-state index contributed by atoms with van der Waals surface area (Å²) in [4.78, 5) is 26.9. The van der Waals surface area contributed by atoms with E-state index in [1.165, 1.54) is 12.1 Å². The van der Waals surface area contributed by atoms with E-state index in [9.17, 15) is 14.0 Å². The van der Waals surface area contributed by atoms with Crippen LogP contribution in [0.4, 0.5) is 10.1 Å². The zero-order valence-electron chi connectivity index (χ0n) is 11.2. The number of hydrogen-bond acceptors (Lipinski definition) is 4. The number of H-pyrrole nitrogens is 1. The summed E-state index contributed by atoms with van der Waals surface area (Å²) >= 11 is 0. The van der Waals surface area contributed by atoms with Crippen molar-refractivity contribution in [2.75, 3.05) is 5.32 Å². The molecule has 0 aliphatic rings. The lowest BCUT2D eigenvalue weighted by molar-refractivity contribution is 0.0697. The number of aromatic carboxylic acids is 1. The number of para-hydroxylation sites is 1. The molecule has 1 aromatic carbocycles. The number of carbonyl (C=O) groups excluding carboxylic acids is 1. The van der Waals surface area contributed by atoms with Crippen molar-refractivity contribution in [1.82, 2.24) is 15.2 Å². The lowest BCUT2D eigenvalue weighted by Gasteiger charge is -2.07. The van der Waals surface area contributed by atoms with E-state index >= 15 is 0 Å². The number of rotatable bonds is 5. The number of amides is 1. The second kappa shape index (κ2) is 6.12. The van der Waals surface area contributed by atoms with Crippen molar-refractivity contribution in [3.63, 3.8) is 0 Å². The van der Waals surface area contributed by atoms with Crippen molar-refractivity contribution >= 4 is 17.6 Å². The largest absolute Gasteiger partial charge is 0.478 e. The molecule has 0 bridgehead atoms. The van der Waals surface area contributed by atoms with Crippen LogP contribution in [0, 0.1) is 5.82 Å². The molecule has 1 heterocycles. The van der Waals surface area contributed by atoms with Gasteiger partial charge in [-0.3, -0.25) is 9.89 Å². The van der Waals surface area contributed by atoms with E-state index < -0.39 is 23.4 Å². The van der Waals surface area contributed by atoms with Crippen molar-refractivity contribution in [2.45, 2.75) is 19.8 Å². The molecule has 3 N–H and O–H groups in total. The van der Waals surface area contributed by atoms with Gasteiger partial charge in [-0.25, -0.2) is 14.2 Å². The number of benzene rings is 1. The Bertz CT molecular complexity index is 684. The first-order chi connectivity index (χ1) is 10.0. The highest BCUT2D eigenvalue weighted by atomic mass is 19.1. The van der Waals surface area contributed by atoms with Gasteiger partial charge in [0.2, 0.25) is 5.82 Å². The average molecular weight is 292 g/mol. The standard InChI is InChI=1S/C13H13FN4O3/c1-2-4-9-15-11(18-17-9)12(19)16-10-7(13(20)21)5-3-6-8(10)14/h3,5-6H,2,4H2,1H3,(H,16,19)(H,20,21)(H,15,17,18). The van der Waals surface area contributed by atoms with Crippen molar-refractivity contribution < 1.29 is 19.1 Å². The van der Waals surface area contributed by atoms with E-state index in [0.717, 1.165) is 12.5 Å². The zero-order valence-corrected chi connectivity index (χ0v) is 11.2. The van der Waals surface area contributed by atoms with E-state index in [-0.39, 0.29) is 11.4 Å². The third-order valence-electron chi connectivity index (χ3n) is 2.70. The third kappa shape index (κ3) is 3.22. The van der Waals surface area contributed by atoms with E-state index in [4.69, 9.17) is 5.11 Å². The summed E-state index contributed by atoms with van der Waals surface area (Å²) in [6, 6.07) is 3.50. The van der Waals surface area contributed by atoms with Gasteiger partial charge in [-0.15, -0.1) is 5.10 Å². The van der Waals surface area contributed by atoms with Crippen LogP contribution in [0.2, 0.25) is 0 Å². The van der Waals surface area contributed by atoms with Crippen molar-refractivity contribution in [3.8, 4) is 0 Å². The zero-order chi connectivity index (χ0) is 15.4. The minimum Gasteiger partial charge on any atom is -0.478 e. The molecule has 0 aliphatic carbocycles. The molecule has 0 spiro atoms. The molecule has 0 fully saturated rings. The number of aromatic nitrogens is 3. The van der Waals surface area contributed by atoms with Gasteiger partial charge in [0.05, 0.1) is 11.3 Å². The summed E-state index contributed by atoms with van der Waals surface area (Å²) < 4.78 is 13.7. The number of carboxylic acid groups (broad SMARTS) is 1. The Hall–Kier alpha value is -2.77. The molecule has 0 saturated heterocycles. The molecule has 1 aromatic heterocycles. The lowest BCUT2D eigenvalue weighted by atomic mass is 10.1. The number of anilines is 1. The second-order valence-electron chi connectivity index (χ2n) is 4.28. The Labute approximate surface area is 119 Å². The minimum absolute atomic E-state index is 0.168. The molecule has 110 valence electrons. The molecule has 2 rings (SSSR count). The van der Waals surface area contributed by atoms with Gasteiger partial charge in [0, 0.05) is 6.42 Å². The molecule has 0 radical (unpaired) electrons. The predicted octanol–water partition coefficient (Wildman–Crippen LogP) is 1.85. The number of aromatic amines is 1. The summed E-state index contributed by atoms with van der Waals surface area (Å²) in [6.07, 6.45) is 1.45. The summed E-state index contributed by atoms with van der Waals surface area (Å²) in [7, 11) is 0. The molecule has 0 unspecified atom stereocenters. The Balaban J connectivity index is 2.25. The maximum absolute atomic E-state index is 13.7.